The predicted molar refractivity (Wildman–Crippen MR) is 121 cm³/mol. The third-order valence-electron chi connectivity index (χ3n) is 4.15. The third-order valence-corrected chi connectivity index (χ3v) is 5.47. The van der Waals surface area contributed by atoms with Crippen molar-refractivity contribution >= 4 is 17.3 Å². The molecule has 1 heterocycles. The minimum absolute atomic E-state index is 0.0756. The Morgan fingerprint density at radius 1 is 1.21 bits per heavy atom. The van der Waals surface area contributed by atoms with Crippen molar-refractivity contribution in [2.75, 3.05) is 26.9 Å². The minimum atomic E-state index is 0.0756. The maximum Gasteiger partial charge on any atom is 0.191 e. The molecule has 2 rings (SSSR count). The first kappa shape index (κ1) is 23.2. The molecule has 0 aliphatic carbocycles. The van der Waals surface area contributed by atoms with E-state index >= 15 is 0 Å². The van der Waals surface area contributed by atoms with E-state index in [1.807, 2.05) is 6.07 Å². The lowest BCUT2D eigenvalue weighted by molar-refractivity contribution is 0.145. The van der Waals surface area contributed by atoms with Crippen LogP contribution in [-0.4, -0.2) is 37.8 Å². The summed E-state index contributed by atoms with van der Waals surface area (Å²) >= 11 is 1.71. The number of hydrogen-bond donors (Lipinski definition) is 2. The Morgan fingerprint density at radius 3 is 2.66 bits per heavy atom. The molecule has 1 aromatic heterocycles. The lowest BCUT2D eigenvalue weighted by Gasteiger charge is -2.14. The van der Waals surface area contributed by atoms with Crippen molar-refractivity contribution in [1.82, 2.24) is 15.6 Å². The molecular formula is C22H34N4O2S. The van der Waals surface area contributed by atoms with Crippen LogP contribution in [0.3, 0.4) is 0 Å². The van der Waals surface area contributed by atoms with Crippen LogP contribution in [0.1, 0.15) is 49.5 Å². The van der Waals surface area contributed by atoms with Crippen LogP contribution in [0.5, 0.6) is 5.75 Å². The van der Waals surface area contributed by atoms with Crippen molar-refractivity contribution in [3.63, 3.8) is 0 Å². The lowest BCUT2D eigenvalue weighted by atomic mass is 9.98. The second-order valence-corrected chi connectivity index (χ2v) is 8.75. The molecule has 7 heteroatoms. The van der Waals surface area contributed by atoms with E-state index in [4.69, 9.17) is 19.5 Å². The molecule has 0 bridgehead atoms. The van der Waals surface area contributed by atoms with Crippen LogP contribution in [0.2, 0.25) is 0 Å². The number of methoxy groups -OCH3 is 1. The van der Waals surface area contributed by atoms with Gasteiger partial charge in [0.05, 0.1) is 30.4 Å². The monoisotopic (exact) mass is 418 g/mol. The molecule has 0 atom stereocenters. The van der Waals surface area contributed by atoms with Gasteiger partial charge in [0.25, 0.3) is 0 Å². The van der Waals surface area contributed by atoms with E-state index < -0.39 is 0 Å². The Morgan fingerprint density at radius 2 is 2.00 bits per heavy atom. The van der Waals surface area contributed by atoms with E-state index in [9.17, 15) is 0 Å². The fraction of sp³-hybridized carbons (Fsp3) is 0.545. The zero-order valence-corrected chi connectivity index (χ0v) is 19.3. The van der Waals surface area contributed by atoms with Crippen molar-refractivity contribution in [3.8, 4) is 5.75 Å². The summed E-state index contributed by atoms with van der Waals surface area (Å²) in [6.45, 7) is 13.7. The molecule has 2 N–H and O–H groups in total. The molecule has 29 heavy (non-hydrogen) atoms. The number of nitrogens with one attached hydrogen (secondary N) is 2. The molecular weight excluding hydrogens is 384 g/mol. The molecule has 6 nitrogen and oxygen atoms in total. The smallest absolute Gasteiger partial charge is 0.191 e. The van der Waals surface area contributed by atoms with Gasteiger partial charge in [0.2, 0.25) is 0 Å². The van der Waals surface area contributed by atoms with Crippen LogP contribution in [0, 0.1) is 6.92 Å². The average molecular weight is 419 g/mol. The summed E-state index contributed by atoms with van der Waals surface area (Å²) < 4.78 is 11.0. The van der Waals surface area contributed by atoms with Crippen LogP contribution < -0.4 is 15.4 Å². The Hall–Kier alpha value is -2.12. The Bertz CT molecular complexity index is 796. The van der Waals surface area contributed by atoms with Crippen molar-refractivity contribution in [2.45, 2.75) is 53.1 Å². The second kappa shape index (κ2) is 11.2. The first-order valence-electron chi connectivity index (χ1n) is 10.0. The SMILES string of the molecule is CCNC(=NCc1ccc(C)cc1OCCOC)NCc1csc(C(C)(C)C)n1. The van der Waals surface area contributed by atoms with Crippen molar-refractivity contribution < 1.29 is 9.47 Å². The molecule has 0 aliphatic heterocycles. The molecule has 1 aromatic carbocycles. The van der Waals surface area contributed by atoms with Crippen molar-refractivity contribution in [3.05, 3.63) is 45.4 Å². The molecule has 2 aromatic rings. The summed E-state index contributed by atoms with van der Waals surface area (Å²) in [5, 5.41) is 9.93. The second-order valence-electron chi connectivity index (χ2n) is 7.90. The van der Waals surface area contributed by atoms with Gasteiger partial charge in [-0.1, -0.05) is 32.9 Å². The molecule has 160 valence electrons. The highest BCUT2D eigenvalue weighted by Gasteiger charge is 2.17. The van der Waals surface area contributed by atoms with Crippen LogP contribution in [-0.2, 0) is 23.2 Å². The van der Waals surface area contributed by atoms with Gasteiger partial charge in [-0.2, -0.15) is 0 Å². The summed E-state index contributed by atoms with van der Waals surface area (Å²) in [6, 6.07) is 6.20. The fourth-order valence-electron chi connectivity index (χ4n) is 2.57. The maximum absolute atomic E-state index is 5.87. The van der Waals surface area contributed by atoms with Gasteiger partial charge in [0.15, 0.2) is 5.96 Å². The standard InChI is InChI=1S/C22H34N4O2S/c1-7-23-21(25-14-18-15-29-20(26-18)22(3,4)5)24-13-17-9-8-16(2)12-19(17)28-11-10-27-6/h8-9,12,15H,7,10-11,13-14H2,1-6H3,(H2,23,24,25). The first-order valence-corrected chi connectivity index (χ1v) is 10.9. The summed E-state index contributed by atoms with van der Waals surface area (Å²) in [5.41, 5.74) is 3.32. The van der Waals surface area contributed by atoms with E-state index in [1.54, 1.807) is 18.4 Å². The number of ether oxygens (including phenoxy) is 2. The third kappa shape index (κ3) is 7.66. The lowest BCUT2D eigenvalue weighted by Crippen LogP contribution is -2.36. The number of thiazole rings is 1. The summed E-state index contributed by atoms with van der Waals surface area (Å²) in [4.78, 5) is 9.47. The highest BCUT2D eigenvalue weighted by atomic mass is 32.1. The van der Waals surface area contributed by atoms with Crippen LogP contribution >= 0.6 is 11.3 Å². The van der Waals surface area contributed by atoms with Gasteiger partial charge in [0, 0.05) is 30.0 Å². The fourth-order valence-corrected chi connectivity index (χ4v) is 3.48. The van der Waals surface area contributed by atoms with Crippen LogP contribution in [0.4, 0.5) is 0 Å². The number of aromatic nitrogens is 1. The average Bonchev–Trinajstić information content (AvgIpc) is 3.15. The molecule has 0 saturated heterocycles. The zero-order valence-electron chi connectivity index (χ0n) is 18.5. The summed E-state index contributed by atoms with van der Waals surface area (Å²) in [6.07, 6.45) is 0. The van der Waals surface area contributed by atoms with Gasteiger partial charge in [-0.15, -0.1) is 11.3 Å². The summed E-state index contributed by atoms with van der Waals surface area (Å²) in [7, 11) is 1.67. The number of rotatable bonds is 9. The van der Waals surface area contributed by atoms with E-state index in [2.05, 4.69) is 62.8 Å². The van der Waals surface area contributed by atoms with E-state index in [0.29, 0.717) is 26.3 Å². The van der Waals surface area contributed by atoms with E-state index in [1.165, 1.54) is 0 Å². The van der Waals surface area contributed by atoms with Gasteiger partial charge in [-0.3, -0.25) is 0 Å². The molecule has 0 fully saturated rings. The van der Waals surface area contributed by atoms with E-state index in [-0.39, 0.29) is 5.41 Å². The molecule has 0 unspecified atom stereocenters. The molecule has 0 spiro atoms. The topological polar surface area (TPSA) is 67.8 Å². The highest BCUT2D eigenvalue weighted by Crippen LogP contribution is 2.25. The molecule has 0 amide bonds. The number of hydrogen-bond acceptors (Lipinski definition) is 5. The van der Waals surface area contributed by atoms with Gasteiger partial charge in [-0.05, 0) is 25.5 Å². The van der Waals surface area contributed by atoms with Gasteiger partial charge in [-0.25, -0.2) is 9.98 Å². The highest BCUT2D eigenvalue weighted by molar-refractivity contribution is 7.09. The van der Waals surface area contributed by atoms with Crippen LogP contribution in [0.15, 0.2) is 28.6 Å². The first-order chi connectivity index (χ1) is 13.8. The molecule has 0 aliphatic rings. The van der Waals surface area contributed by atoms with Gasteiger partial charge < -0.3 is 20.1 Å². The van der Waals surface area contributed by atoms with Gasteiger partial charge in [0.1, 0.15) is 12.4 Å². The predicted octanol–water partition coefficient (Wildman–Crippen LogP) is 4.03. The van der Waals surface area contributed by atoms with E-state index in [0.717, 1.165) is 40.1 Å². The van der Waals surface area contributed by atoms with Crippen molar-refractivity contribution in [2.24, 2.45) is 4.99 Å². The Kier molecular flexibility index (Phi) is 8.92. The van der Waals surface area contributed by atoms with Crippen LogP contribution in [0.25, 0.3) is 0 Å². The molecule has 0 radical (unpaired) electrons. The Balaban J connectivity index is 2.04. The quantitative estimate of drug-likeness (QED) is 0.366. The zero-order chi connectivity index (χ0) is 21.3. The number of benzene rings is 1. The molecule has 0 saturated carbocycles. The number of aryl methyl sites for hydroxylation is 1. The van der Waals surface area contributed by atoms with Crippen molar-refractivity contribution in [1.29, 1.82) is 0 Å². The Labute approximate surface area is 178 Å². The maximum atomic E-state index is 5.87. The van der Waals surface area contributed by atoms with Gasteiger partial charge >= 0.3 is 0 Å². The number of guanidine groups is 1. The largest absolute Gasteiger partial charge is 0.491 e. The normalized spacial score (nSPS) is 12.1. The summed E-state index contributed by atoms with van der Waals surface area (Å²) in [5.74, 6) is 1.62. The minimum Gasteiger partial charge on any atom is -0.491 e. The number of aliphatic imine (C=N–C) groups is 1. The number of nitrogens with zero attached hydrogens (tertiary/aromatic N) is 2.